The van der Waals surface area contributed by atoms with Gasteiger partial charge in [0.05, 0.1) is 0 Å². The third kappa shape index (κ3) is 8.00. The molecule has 0 aromatic heterocycles. The lowest BCUT2D eigenvalue weighted by molar-refractivity contribution is -0.120. The lowest BCUT2D eigenvalue weighted by Crippen LogP contribution is -2.50. The van der Waals surface area contributed by atoms with Crippen molar-refractivity contribution < 1.29 is 9.59 Å². The van der Waals surface area contributed by atoms with Gasteiger partial charge in [-0.25, -0.2) is 0 Å². The Balaban J connectivity index is 1.21. The largest absolute Gasteiger partial charge is 0.330 e. The van der Waals surface area contributed by atoms with E-state index in [-0.39, 0.29) is 5.78 Å². The summed E-state index contributed by atoms with van der Waals surface area (Å²) in [5, 5.41) is 0. The van der Waals surface area contributed by atoms with E-state index >= 15 is 0 Å². The van der Waals surface area contributed by atoms with Crippen molar-refractivity contribution in [2.24, 2.45) is 58.0 Å². The predicted octanol–water partition coefficient (Wildman–Crippen LogP) is 10.3. The van der Waals surface area contributed by atoms with Crippen molar-refractivity contribution in [1.29, 1.82) is 0 Å². The number of carbonyl (C=O) groups excluding carboxylic acids is 2. The molecule has 0 spiro atoms. The zero-order valence-corrected chi connectivity index (χ0v) is 28.4. The normalized spacial score (nSPS) is 34.8. The molecule has 2 N–H and O–H groups in total. The molecule has 8 atom stereocenters. The van der Waals surface area contributed by atoms with E-state index in [1.807, 2.05) is 5.57 Å². The van der Waals surface area contributed by atoms with Gasteiger partial charge in [0.25, 0.3) is 0 Å². The maximum absolute atomic E-state index is 12.2. The molecule has 0 bridgehead atoms. The van der Waals surface area contributed by atoms with Gasteiger partial charge >= 0.3 is 0 Å². The van der Waals surface area contributed by atoms with Crippen molar-refractivity contribution in [2.45, 2.75) is 163 Å². The van der Waals surface area contributed by atoms with Gasteiger partial charge in [0.1, 0.15) is 11.6 Å². The molecule has 4 rings (SSSR count). The van der Waals surface area contributed by atoms with Crippen molar-refractivity contribution in [3.8, 4) is 0 Å². The standard InChI is InChI=1S/C39H67NO2/c1-28(2)11-9-12-29(3)35-19-20-36-34-18-17-31-27-30(21-24-38(31,4)37(34)22-25-39(35,36)5)13-7-6-8-14-32(41)15-10-16-33(42)23-26-40/h17,28-30,34-37H,6-16,18-27,40H2,1-5H3/t29-,30+,34?,35?,36?,37?,38?,39?/m1/s1. The Bertz CT molecular complexity index is 921. The van der Waals surface area contributed by atoms with Crippen LogP contribution in [0.3, 0.4) is 0 Å². The maximum Gasteiger partial charge on any atom is 0.134 e. The quantitative estimate of drug-likeness (QED) is 0.137. The van der Waals surface area contributed by atoms with E-state index in [9.17, 15) is 9.59 Å². The molecular formula is C39H67NO2. The van der Waals surface area contributed by atoms with Crippen LogP contribution in [0.15, 0.2) is 11.6 Å². The highest BCUT2D eigenvalue weighted by Gasteiger charge is 2.59. The number of hydrogen-bond donors (Lipinski definition) is 1. The topological polar surface area (TPSA) is 60.2 Å². The summed E-state index contributed by atoms with van der Waals surface area (Å²) >= 11 is 0. The fourth-order valence-corrected chi connectivity index (χ4v) is 10.8. The molecule has 0 aromatic carbocycles. The first kappa shape index (κ1) is 33.9. The van der Waals surface area contributed by atoms with Gasteiger partial charge in [-0.15, -0.1) is 0 Å². The summed E-state index contributed by atoms with van der Waals surface area (Å²) in [7, 11) is 0. The number of Topliss-reactive ketones (excluding diaryl/α,β-unsaturated/α-hetero) is 2. The average Bonchev–Trinajstić information content (AvgIpc) is 3.30. The molecule has 0 radical (unpaired) electrons. The van der Waals surface area contributed by atoms with Crippen LogP contribution in [0.4, 0.5) is 0 Å². The van der Waals surface area contributed by atoms with Crippen LogP contribution in [-0.4, -0.2) is 18.1 Å². The Labute approximate surface area is 260 Å². The van der Waals surface area contributed by atoms with Crippen molar-refractivity contribution >= 4 is 11.6 Å². The number of ketones is 2. The summed E-state index contributed by atoms with van der Waals surface area (Å²) < 4.78 is 0. The summed E-state index contributed by atoms with van der Waals surface area (Å²) in [6, 6.07) is 0. The molecule has 3 saturated carbocycles. The van der Waals surface area contributed by atoms with Gasteiger partial charge in [0.15, 0.2) is 0 Å². The van der Waals surface area contributed by atoms with Crippen molar-refractivity contribution in [1.82, 2.24) is 0 Å². The molecule has 42 heavy (non-hydrogen) atoms. The Morgan fingerprint density at radius 2 is 1.57 bits per heavy atom. The SMILES string of the molecule is CC(C)CCC[C@@H](C)C1CCC2C3CC=C4C[C@@H](CCCCCC(=O)CCCC(=O)CCN)CCC4(C)C3CCC21C. The lowest BCUT2D eigenvalue weighted by Gasteiger charge is -2.58. The molecule has 4 aliphatic carbocycles. The minimum atomic E-state index is 0.198. The second kappa shape index (κ2) is 15.4. The minimum absolute atomic E-state index is 0.198. The van der Waals surface area contributed by atoms with E-state index in [2.05, 4.69) is 40.7 Å². The number of nitrogens with two attached hydrogens (primary N) is 1. The fraction of sp³-hybridized carbons (Fsp3) is 0.897. The summed E-state index contributed by atoms with van der Waals surface area (Å²) in [4.78, 5) is 23.8. The zero-order chi connectivity index (χ0) is 30.3. The molecule has 3 fully saturated rings. The number of carbonyl (C=O) groups is 2. The highest BCUT2D eigenvalue weighted by Crippen LogP contribution is 2.67. The second-order valence-corrected chi connectivity index (χ2v) is 16.5. The molecule has 240 valence electrons. The first-order valence-electron chi connectivity index (χ1n) is 18.5. The highest BCUT2D eigenvalue weighted by molar-refractivity contribution is 5.81. The molecule has 0 aromatic rings. The third-order valence-electron chi connectivity index (χ3n) is 13.3. The molecule has 0 amide bonds. The Morgan fingerprint density at radius 1 is 0.833 bits per heavy atom. The van der Waals surface area contributed by atoms with Crippen molar-refractivity contribution in [3.05, 3.63) is 11.6 Å². The molecule has 3 nitrogen and oxygen atoms in total. The van der Waals surface area contributed by atoms with Gasteiger partial charge in [-0.3, -0.25) is 9.59 Å². The van der Waals surface area contributed by atoms with Gasteiger partial charge in [-0.05, 0) is 123 Å². The van der Waals surface area contributed by atoms with Gasteiger partial charge in [-0.2, -0.15) is 0 Å². The van der Waals surface area contributed by atoms with Crippen molar-refractivity contribution in [3.63, 3.8) is 0 Å². The van der Waals surface area contributed by atoms with Gasteiger partial charge in [-0.1, -0.05) is 84.8 Å². The van der Waals surface area contributed by atoms with Crippen LogP contribution in [0.5, 0.6) is 0 Å². The fourth-order valence-electron chi connectivity index (χ4n) is 10.8. The van der Waals surface area contributed by atoms with E-state index in [0.717, 1.165) is 47.8 Å². The van der Waals surface area contributed by atoms with E-state index in [1.54, 1.807) is 0 Å². The Morgan fingerprint density at radius 3 is 2.31 bits per heavy atom. The van der Waals surface area contributed by atoms with Crippen LogP contribution in [-0.2, 0) is 9.59 Å². The first-order valence-corrected chi connectivity index (χ1v) is 18.5. The number of unbranched alkanes of at least 4 members (excludes halogenated alkanes) is 2. The van der Waals surface area contributed by atoms with E-state index < -0.39 is 0 Å². The van der Waals surface area contributed by atoms with Crippen LogP contribution >= 0.6 is 0 Å². The molecule has 0 heterocycles. The Kier molecular flexibility index (Phi) is 12.4. The van der Waals surface area contributed by atoms with E-state index in [1.165, 1.54) is 89.9 Å². The monoisotopic (exact) mass is 582 g/mol. The molecule has 3 heteroatoms. The number of rotatable bonds is 17. The van der Waals surface area contributed by atoms with Crippen LogP contribution in [0, 0.1) is 52.3 Å². The van der Waals surface area contributed by atoms with E-state index in [4.69, 9.17) is 5.73 Å². The summed E-state index contributed by atoms with van der Waals surface area (Å²) in [5.74, 6) is 6.87. The zero-order valence-electron chi connectivity index (χ0n) is 28.4. The molecule has 6 unspecified atom stereocenters. The van der Waals surface area contributed by atoms with Gasteiger partial charge < -0.3 is 5.73 Å². The molecule has 4 aliphatic rings. The highest BCUT2D eigenvalue weighted by atomic mass is 16.1. The number of fused-ring (bicyclic) bond motifs is 5. The first-order chi connectivity index (χ1) is 20.1. The maximum atomic E-state index is 12.2. The third-order valence-corrected chi connectivity index (χ3v) is 13.3. The summed E-state index contributed by atoms with van der Waals surface area (Å²) in [6.45, 7) is 13.2. The second-order valence-electron chi connectivity index (χ2n) is 16.5. The van der Waals surface area contributed by atoms with Gasteiger partial charge in [0, 0.05) is 25.7 Å². The average molecular weight is 582 g/mol. The Hall–Kier alpha value is -0.960. The van der Waals surface area contributed by atoms with Crippen LogP contribution in [0.25, 0.3) is 0 Å². The van der Waals surface area contributed by atoms with Gasteiger partial charge in [0.2, 0.25) is 0 Å². The van der Waals surface area contributed by atoms with E-state index in [0.29, 0.717) is 55.3 Å². The molecule has 0 saturated heterocycles. The minimum Gasteiger partial charge on any atom is -0.330 e. The summed E-state index contributed by atoms with van der Waals surface area (Å²) in [6.07, 6.45) is 26.2. The van der Waals surface area contributed by atoms with Crippen LogP contribution in [0.1, 0.15) is 163 Å². The number of allylic oxidation sites excluding steroid dienone is 2. The number of hydrogen-bond acceptors (Lipinski definition) is 3. The van der Waals surface area contributed by atoms with Crippen LogP contribution < -0.4 is 5.73 Å². The lowest BCUT2D eigenvalue weighted by atomic mass is 9.46. The molecular weight excluding hydrogens is 514 g/mol. The summed E-state index contributed by atoms with van der Waals surface area (Å²) in [5.41, 5.74) is 8.31. The van der Waals surface area contributed by atoms with Crippen molar-refractivity contribution in [2.75, 3.05) is 6.54 Å². The smallest absolute Gasteiger partial charge is 0.134 e. The predicted molar refractivity (Wildman–Crippen MR) is 177 cm³/mol. The van der Waals surface area contributed by atoms with Crippen LogP contribution in [0.2, 0.25) is 0 Å². The molecule has 0 aliphatic heterocycles.